The van der Waals surface area contributed by atoms with Gasteiger partial charge in [-0.05, 0) is 0 Å². The molecule has 0 aliphatic carbocycles. The quantitative estimate of drug-likeness (QED) is 0.123. The molecule has 0 heterocycles. The molecule has 0 aromatic carbocycles. The molecule has 27 heavy (non-hydrogen) atoms. The van der Waals surface area contributed by atoms with E-state index >= 15 is 0 Å². The van der Waals surface area contributed by atoms with Gasteiger partial charge in [0.05, 0.1) is 11.9 Å². The summed E-state index contributed by atoms with van der Waals surface area (Å²) in [5.74, 6) is -4.02. The summed E-state index contributed by atoms with van der Waals surface area (Å²) >= 11 is 0. The predicted molar refractivity (Wildman–Crippen MR) is 76.0 cm³/mol. The van der Waals surface area contributed by atoms with E-state index in [1.54, 1.807) is 0 Å². The number of carbonyl (C=O) groups excluding carboxylic acids is 4. The molecule has 0 saturated heterocycles. The van der Waals surface area contributed by atoms with Crippen molar-refractivity contribution >= 4 is 47.6 Å². The molecule has 0 bridgehead atoms. The van der Waals surface area contributed by atoms with Gasteiger partial charge in [-0.1, -0.05) is 0 Å². The Labute approximate surface area is 167 Å². The van der Waals surface area contributed by atoms with Crippen LogP contribution in [0.15, 0.2) is 0 Å². The maximum absolute atomic E-state index is 9.95. The van der Waals surface area contributed by atoms with Crippen molar-refractivity contribution in [2.24, 2.45) is 0 Å². The Morgan fingerprint density at radius 3 is 0.963 bits per heavy atom. The van der Waals surface area contributed by atoms with E-state index in [4.69, 9.17) is 40.9 Å². The first-order chi connectivity index (χ1) is 11.8. The summed E-state index contributed by atoms with van der Waals surface area (Å²) in [6.07, 6.45) is -17.3. The zero-order chi connectivity index (χ0) is 21.2. The first-order valence-electron chi connectivity index (χ1n) is 6.60. The van der Waals surface area contributed by atoms with Crippen molar-refractivity contribution in [3.05, 3.63) is 0 Å². The second-order valence-electron chi connectivity index (χ2n) is 4.74. The summed E-state index contributed by atoms with van der Waals surface area (Å²) in [6.45, 7) is 0. The smallest absolute Gasteiger partial charge is 0.547 e. The van der Waals surface area contributed by atoms with Crippen molar-refractivity contribution in [3.63, 3.8) is 0 Å². The fourth-order valence-corrected chi connectivity index (χ4v) is 1.22. The standard InChI is InChI=1S/2C6H10O7.Mg/c2*7-1-2(8)3(9)4(10)5(11)6(12)13;/h2*1-5,8-11H,(H,12,13);/q;;+2/p-2/t2*2-,3+,4+,5-;/m11./s1. The topological polar surface area (TPSA) is 276 Å². The van der Waals surface area contributed by atoms with E-state index in [0.717, 1.165) is 0 Å². The number of hydrogen-bond donors (Lipinski definition) is 8. The maximum atomic E-state index is 9.95. The Hall–Kier alpha value is -1.27. The van der Waals surface area contributed by atoms with Gasteiger partial charge < -0.3 is 70.2 Å². The van der Waals surface area contributed by atoms with Gasteiger partial charge in [-0.3, -0.25) is 0 Å². The molecule has 0 saturated carbocycles. The fourth-order valence-electron chi connectivity index (χ4n) is 1.22. The summed E-state index contributed by atoms with van der Waals surface area (Å²) in [5.41, 5.74) is 0. The van der Waals surface area contributed by atoms with Crippen LogP contribution < -0.4 is 10.2 Å². The largest absolute Gasteiger partial charge is 2.00 e. The van der Waals surface area contributed by atoms with E-state index in [9.17, 15) is 29.4 Å². The zero-order valence-electron chi connectivity index (χ0n) is 13.5. The number of hydrogen-bond acceptors (Lipinski definition) is 14. The average Bonchev–Trinajstić information content (AvgIpc) is 2.62. The molecule has 152 valence electrons. The molecule has 14 nitrogen and oxygen atoms in total. The minimum Gasteiger partial charge on any atom is -0.547 e. The number of rotatable bonds is 10. The molecule has 0 unspecified atom stereocenters. The van der Waals surface area contributed by atoms with Crippen LogP contribution in [0, 0.1) is 0 Å². The van der Waals surface area contributed by atoms with Crippen LogP contribution in [-0.2, 0) is 19.2 Å². The van der Waals surface area contributed by atoms with Gasteiger partial charge >= 0.3 is 23.1 Å². The Balaban J connectivity index is -0.000000411. The Morgan fingerprint density at radius 2 is 0.815 bits per heavy atom. The number of aldehydes is 2. The fraction of sp³-hybridized carbons (Fsp3) is 0.667. The van der Waals surface area contributed by atoms with Gasteiger partial charge in [0.2, 0.25) is 0 Å². The van der Waals surface area contributed by atoms with Gasteiger partial charge in [-0.2, -0.15) is 0 Å². The van der Waals surface area contributed by atoms with Crippen molar-refractivity contribution in [3.8, 4) is 0 Å². The second-order valence-corrected chi connectivity index (χ2v) is 4.74. The van der Waals surface area contributed by atoms with Gasteiger partial charge in [0, 0.05) is 0 Å². The number of carboxylic acids is 2. The number of aliphatic hydroxyl groups excluding tert-OH is 8. The van der Waals surface area contributed by atoms with E-state index in [2.05, 4.69) is 0 Å². The van der Waals surface area contributed by atoms with Gasteiger partial charge in [0.15, 0.2) is 12.6 Å². The van der Waals surface area contributed by atoms with E-state index in [1.165, 1.54) is 0 Å². The Kier molecular flexibility index (Phi) is 16.6. The van der Waals surface area contributed by atoms with Crippen LogP contribution in [0.4, 0.5) is 0 Å². The zero-order valence-corrected chi connectivity index (χ0v) is 14.9. The molecule has 0 fully saturated rings. The molecule has 15 heteroatoms. The molecule has 0 spiro atoms. The van der Waals surface area contributed by atoms with Gasteiger partial charge in [0.1, 0.15) is 48.8 Å². The molecule has 0 aliphatic rings. The molecule has 0 aromatic rings. The summed E-state index contributed by atoms with van der Waals surface area (Å²) in [5, 5.41) is 89.7. The molecule has 0 aliphatic heterocycles. The van der Waals surface area contributed by atoms with Crippen LogP contribution in [0.5, 0.6) is 0 Å². The minimum absolute atomic E-state index is 0. The van der Waals surface area contributed by atoms with Crippen molar-refractivity contribution < 1.29 is 70.2 Å². The van der Waals surface area contributed by atoms with Crippen LogP contribution in [0.1, 0.15) is 0 Å². The van der Waals surface area contributed by atoms with E-state index in [-0.39, 0.29) is 35.6 Å². The second kappa shape index (κ2) is 14.7. The minimum atomic E-state index is -2.36. The van der Waals surface area contributed by atoms with Crippen LogP contribution in [0.3, 0.4) is 0 Å². The first-order valence-corrected chi connectivity index (χ1v) is 6.60. The first kappa shape index (κ1) is 30.5. The van der Waals surface area contributed by atoms with Gasteiger partial charge in [0.25, 0.3) is 0 Å². The molecular weight excluding hydrogens is 392 g/mol. The molecule has 8 N–H and O–H groups in total. The van der Waals surface area contributed by atoms with Crippen LogP contribution in [-0.4, -0.2) is 137 Å². The van der Waals surface area contributed by atoms with Crippen molar-refractivity contribution in [2.75, 3.05) is 0 Å². The third kappa shape index (κ3) is 10.6. The number of carboxylic acid groups (broad SMARTS) is 2. The van der Waals surface area contributed by atoms with E-state index < -0.39 is 60.8 Å². The average molecular weight is 411 g/mol. The SMILES string of the molecule is O=C[C@@H](O)[C@H](O)[C@H](O)[C@@H](O)C(=O)[O-].O=C[C@@H](O)[C@H](O)[C@H](O)[C@@H](O)C(=O)[O-].[Mg+2]. The summed E-state index contributed by atoms with van der Waals surface area (Å²) in [4.78, 5) is 39.7. The van der Waals surface area contributed by atoms with Gasteiger partial charge in [-0.15, -0.1) is 0 Å². The van der Waals surface area contributed by atoms with Crippen LogP contribution in [0.2, 0.25) is 0 Å². The number of aliphatic hydroxyl groups is 8. The molecule has 0 aromatic heterocycles. The third-order valence-electron chi connectivity index (χ3n) is 2.81. The number of carbonyl (C=O) groups is 4. The summed E-state index contributed by atoms with van der Waals surface area (Å²) in [6, 6.07) is 0. The van der Waals surface area contributed by atoms with Crippen LogP contribution in [0.25, 0.3) is 0 Å². The Bertz CT molecular complexity index is 431. The van der Waals surface area contributed by atoms with Crippen LogP contribution >= 0.6 is 0 Å². The molecule has 0 amide bonds. The van der Waals surface area contributed by atoms with Crippen molar-refractivity contribution in [2.45, 2.75) is 48.8 Å². The predicted octanol–water partition coefficient (Wildman–Crippen LogP) is -9.62. The van der Waals surface area contributed by atoms with Crippen molar-refractivity contribution in [1.82, 2.24) is 0 Å². The normalized spacial score (nSPS) is 19.3. The van der Waals surface area contributed by atoms with Gasteiger partial charge in [-0.25, -0.2) is 0 Å². The van der Waals surface area contributed by atoms with E-state index in [0.29, 0.717) is 0 Å². The van der Waals surface area contributed by atoms with Crippen molar-refractivity contribution in [1.29, 1.82) is 0 Å². The maximum Gasteiger partial charge on any atom is 2.00 e. The Morgan fingerprint density at radius 1 is 0.593 bits per heavy atom. The summed E-state index contributed by atoms with van der Waals surface area (Å²) < 4.78 is 0. The molecule has 0 radical (unpaired) electrons. The summed E-state index contributed by atoms with van der Waals surface area (Å²) in [7, 11) is 0. The molecule has 8 atom stereocenters. The number of aliphatic carboxylic acids is 2. The van der Waals surface area contributed by atoms with E-state index in [1.807, 2.05) is 0 Å². The molecule has 0 rings (SSSR count). The molecular formula is C12H18MgO14. The third-order valence-corrected chi connectivity index (χ3v) is 2.81. The monoisotopic (exact) mass is 410 g/mol.